The quantitative estimate of drug-likeness (QED) is 0.309. The van der Waals surface area contributed by atoms with E-state index in [1.807, 2.05) is 0 Å². The lowest BCUT2D eigenvalue weighted by Crippen LogP contribution is -2.38. The summed E-state index contributed by atoms with van der Waals surface area (Å²) >= 11 is 0. The van der Waals surface area contributed by atoms with E-state index in [-0.39, 0.29) is 18.1 Å². The highest BCUT2D eigenvalue weighted by atomic mass is 16.5. The van der Waals surface area contributed by atoms with E-state index < -0.39 is 12.0 Å². The molecule has 27 heavy (non-hydrogen) atoms. The minimum absolute atomic E-state index is 0.0219. The van der Waals surface area contributed by atoms with Crippen LogP contribution < -0.4 is 10.6 Å². The summed E-state index contributed by atoms with van der Waals surface area (Å²) < 4.78 is 4.83. The van der Waals surface area contributed by atoms with Crippen LogP contribution in [-0.2, 0) is 19.1 Å². The molecule has 2 aliphatic heterocycles. The highest BCUT2D eigenvalue weighted by Gasteiger charge is 2.29. The summed E-state index contributed by atoms with van der Waals surface area (Å²) in [6.07, 6.45) is 10.3. The second kappa shape index (κ2) is 12.1. The van der Waals surface area contributed by atoms with E-state index in [2.05, 4.69) is 17.6 Å². The number of Topliss-reactive ketones (excluding diaryl/α,β-unsaturated/α-hetero) is 1. The summed E-state index contributed by atoms with van der Waals surface area (Å²) in [5, 5.41) is 6.03. The van der Waals surface area contributed by atoms with E-state index in [4.69, 9.17) is 4.74 Å². The molecule has 6 heteroatoms. The Kier molecular flexibility index (Phi) is 9.81. The number of nitrogens with one attached hydrogen (secondary N) is 2. The van der Waals surface area contributed by atoms with Gasteiger partial charge in [-0.15, -0.1) is 0 Å². The van der Waals surface area contributed by atoms with Gasteiger partial charge >= 0.3 is 5.97 Å². The molecule has 2 N–H and O–H groups in total. The van der Waals surface area contributed by atoms with Crippen LogP contribution in [0.15, 0.2) is 0 Å². The average molecular weight is 381 g/mol. The van der Waals surface area contributed by atoms with Gasteiger partial charge in [-0.25, -0.2) is 4.79 Å². The van der Waals surface area contributed by atoms with E-state index in [0.29, 0.717) is 31.3 Å². The molecule has 1 amide bonds. The molecule has 2 aliphatic rings. The number of rotatable bonds is 12. The zero-order valence-corrected chi connectivity index (χ0v) is 16.8. The number of amides is 1. The fourth-order valence-corrected chi connectivity index (χ4v) is 4.25. The molecular formula is C21H36N2O4. The summed E-state index contributed by atoms with van der Waals surface area (Å²) in [5.41, 5.74) is 0. The van der Waals surface area contributed by atoms with Gasteiger partial charge in [0.15, 0.2) is 0 Å². The number of cyclic esters (lactones) is 1. The topological polar surface area (TPSA) is 84.5 Å². The summed E-state index contributed by atoms with van der Waals surface area (Å²) in [6, 6.07) is -0.577. The van der Waals surface area contributed by atoms with Crippen molar-refractivity contribution >= 4 is 17.7 Å². The number of carbonyl (C=O) groups is 3. The minimum Gasteiger partial charge on any atom is -0.464 e. The zero-order chi connectivity index (χ0) is 19.5. The predicted octanol–water partition coefficient (Wildman–Crippen LogP) is 2.74. The minimum atomic E-state index is -0.577. The Morgan fingerprint density at radius 2 is 1.93 bits per heavy atom. The van der Waals surface area contributed by atoms with Crippen molar-refractivity contribution in [2.24, 2.45) is 11.8 Å². The van der Waals surface area contributed by atoms with Crippen molar-refractivity contribution in [1.82, 2.24) is 10.6 Å². The van der Waals surface area contributed by atoms with Crippen LogP contribution in [0, 0.1) is 11.8 Å². The Morgan fingerprint density at radius 3 is 2.59 bits per heavy atom. The lowest BCUT2D eigenvalue weighted by molar-refractivity contribution is -0.142. The summed E-state index contributed by atoms with van der Waals surface area (Å²) in [4.78, 5) is 35.7. The van der Waals surface area contributed by atoms with Gasteiger partial charge in [0.1, 0.15) is 11.8 Å². The van der Waals surface area contributed by atoms with Gasteiger partial charge in [0.25, 0.3) is 0 Å². The SMILES string of the molecule is CCCCCCC(CCC(=O)CC(=O)N[C@H]1CCOC1=O)C1CCNCC1. The third-order valence-corrected chi connectivity index (χ3v) is 5.90. The largest absolute Gasteiger partial charge is 0.464 e. The van der Waals surface area contributed by atoms with Crippen molar-refractivity contribution < 1.29 is 19.1 Å². The van der Waals surface area contributed by atoms with E-state index in [9.17, 15) is 14.4 Å². The molecule has 0 radical (unpaired) electrons. The smallest absolute Gasteiger partial charge is 0.328 e. The molecule has 2 saturated heterocycles. The van der Waals surface area contributed by atoms with E-state index in [0.717, 1.165) is 19.5 Å². The number of piperidine rings is 1. The molecule has 0 aliphatic carbocycles. The molecule has 0 aromatic rings. The molecule has 6 nitrogen and oxygen atoms in total. The molecule has 2 atom stereocenters. The Hall–Kier alpha value is -1.43. The van der Waals surface area contributed by atoms with E-state index in [1.54, 1.807) is 0 Å². The van der Waals surface area contributed by atoms with Crippen molar-refractivity contribution in [2.45, 2.75) is 83.6 Å². The molecule has 2 rings (SSSR count). The van der Waals surface area contributed by atoms with Crippen LogP contribution in [0.1, 0.15) is 77.6 Å². The monoisotopic (exact) mass is 380 g/mol. The molecule has 1 unspecified atom stereocenters. The van der Waals surface area contributed by atoms with Crippen LogP contribution in [0.2, 0.25) is 0 Å². The van der Waals surface area contributed by atoms with Crippen LogP contribution in [-0.4, -0.2) is 43.4 Å². The molecule has 2 fully saturated rings. The van der Waals surface area contributed by atoms with Gasteiger partial charge in [-0.05, 0) is 44.2 Å². The number of ketones is 1. The number of ether oxygens (including phenoxy) is 1. The highest BCUT2D eigenvalue weighted by Crippen LogP contribution is 2.30. The first-order chi connectivity index (χ1) is 13.1. The van der Waals surface area contributed by atoms with Crippen molar-refractivity contribution in [1.29, 1.82) is 0 Å². The second-order valence-electron chi connectivity index (χ2n) is 8.03. The van der Waals surface area contributed by atoms with Gasteiger partial charge < -0.3 is 15.4 Å². The molecule has 0 spiro atoms. The maximum atomic E-state index is 12.3. The highest BCUT2D eigenvalue weighted by molar-refractivity contribution is 5.99. The lowest BCUT2D eigenvalue weighted by Gasteiger charge is -2.31. The van der Waals surface area contributed by atoms with Crippen LogP contribution in [0.5, 0.6) is 0 Å². The first-order valence-corrected chi connectivity index (χ1v) is 10.8. The van der Waals surface area contributed by atoms with E-state index in [1.165, 1.54) is 44.9 Å². The van der Waals surface area contributed by atoms with Gasteiger partial charge in [-0.1, -0.05) is 39.0 Å². The lowest BCUT2D eigenvalue weighted by atomic mass is 9.78. The third-order valence-electron chi connectivity index (χ3n) is 5.90. The van der Waals surface area contributed by atoms with Crippen LogP contribution >= 0.6 is 0 Å². The Labute approximate surface area is 163 Å². The van der Waals surface area contributed by atoms with Crippen molar-refractivity contribution in [2.75, 3.05) is 19.7 Å². The van der Waals surface area contributed by atoms with Crippen molar-refractivity contribution in [3.63, 3.8) is 0 Å². The average Bonchev–Trinajstić information content (AvgIpc) is 3.06. The maximum absolute atomic E-state index is 12.3. The van der Waals surface area contributed by atoms with Crippen LogP contribution in [0.3, 0.4) is 0 Å². The Bertz CT molecular complexity index is 489. The molecule has 0 aromatic carbocycles. The number of unbranched alkanes of at least 4 members (excludes halogenated alkanes) is 3. The number of hydrogen-bond acceptors (Lipinski definition) is 5. The van der Waals surface area contributed by atoms with Crippen molar-refractivity contribution in [3.8, 4) is 0 Å². The van der Waals surface area contributed by atoms with Gasteiger partial charge in [-0.2, -0.15) is 0 Å². The van der Waals surface area contributed by atoms with Crippen LogP contribution in [0.4, 0.5) is 0 Å². The van der Waals surface area contributed by atoms with Gasteiger partial charge in [0, 0.05) is 12.8 Å². The zero-order valence-electron chi connectivity index (χ0n) is 16.8. The molecule has 0 aromatic heterocycles. The normalized spacial score (nSPS) is 21.7. The third kappa shape index (κ3) is 7.99. The number of carbonyl (C=O) groups excluding carboxylic acids is 3. The van der Waals surface area contributed by atoms with Crippen molar-refractivity contribution in [3.05, 3.63) is 0 Å². The fraction of sp³-hybridized carbons (Fsp3) is 0.857. The first-order valence-electron chi connectivity index (χ1n) is 10.8. The summed E-state index contributed by atoms with van der Waals surface area (Å²) in [7, 11) is 0. The van der Waals surface area contributed by atoms with Gasteiger partial charge in [0.2, 0.25) is 5.91 Å². The number of esters is 1. The molecule has 154 valence electrons. The Balaban J connectivity index is 1.73. The molecule has 0 saturated carbocycles. The van der Waals surface area contributed by atoms with E-state index >= 15 is 0 Å². The molecular weight excluding hydrogens is 344 g/mol. The summed E-state index contributed by atoms with van der Waals surface area (Å²) in [6.45, 7) is 4.71. The Morgan fingerprint density at radius 1 is 1.15 bits per heavy atom. The molecule has 0 bridgehead atoms. The van der Waals surface area contributed by atoms with Crippen LogP contribution in [0.25, 0.3) is 0 Å². The second-order valence-corrected chi connectivity index (χ2v) is 8.03. The summed E-state index contributed by atoms with van der Waals surface area (Å²) in [5.74, 6) is 0.508. The fourth-order valence-electron chi connectivity index (χ4n) is 4.25. The maximum Gasteiger partial charge on any atom is 0.328 e. The predicted molar refractivity (Wildman–Crippen MR) is 104 cm³/mol. The first kappa shape index (κ1) is 21.9. The van der Waals surface area contributed by atoms with Gasteiger partial charge in [-0.3, -0.25) is 9.59 Å². The van der Waals surface area contributed by atoms with Gasteiger partial charge in [0.05, 0.1) is 13.0 Å². The standard InChI is InChI=1S/C21H36N2O4/c1-2-3-4-5-6-16(17-9-12-22-13-10-17)7-8-18(24)15-20(25)23-19-11-14-27-21(19)26/h16-17,19,22H,2-15H2,1H3,(H,23,25)/t16?,19-/m0/s1. The number of hydrogen-bond donors (Lipinski definition) is 2. The molecule has 2 heterocycles.